The highest BCUT2D eigenvalue weighted by molar-refractivity contribution is 7.80. The Morgan fingerprint density at radius 1 is 1.54 bits per heavy atom. The van der Waals surface area contributed by atoms with Crippen LogP contribution >= 0.6 is 12.6 Å². The van der Waals surface area contributed by atoms with Crippen molar-refractivity contribution in [3.63, 3.8) is 0 Å². The number of thiol groups is 1. The van der Waals surface area contributed by atoms with Crippen LogP contribution in [0.3, 0.4) is 0 Å². The van der Waals surface area contributed by atoms with Gasteiger partial charge in [0.15, 0.2) is 0 Å². The molecule has 0 radical (unpaired) electrons. The minimum absolute atomic E-state index is 0.285. The smallest absolute Gasteiger partial charge is 0.245 e. The molecule has 0 N–H and O–H groups in total. The second-order valence-corrected chi connectivity index (χ2v) is 3.21. The fourth-order valence-corrected chi connectivity index (χ4v) is 1.67. The zero-order chi connectivity index (χ0) is 9.42. The molecule has 0 unspecified atom stereocenters. The van der Waals surface area contributed by atoms with Gasteiger partial charge in [-0.05, 0) is 18.6 Å². The van der Waals surface area contributed by atoms with Crippen molar-refractivity contribution < 1.29 is 4.39 Å². The van der Waals surface area contributed by atoms with Crippen LogP contribution in [0.15, 0.2) is 23.2 Å². The van der Waals surface area contributed by atoms with Crippen LogP contribution in [0.2, 0.25) is 0 Å². The molecule has 0 aliphatic carbocycles. The predicted octanol–water partition coefficient (Wildman–Crippen LogP) is 2.32. The highest BCUT2D eigenvalue weighted by atomic mass is 32.1. The van der Waals surface area contributed by atoms with Crippen molar-refractivity contribution in [1.82, 2.24) is 9.38 Å². The number of aryl methyl sites for hydroxylation is 1. The third kappa shape index (κ3) is 1.21. The molecule has 2 aromatic heterocycles. The number of pyridine rings is 1. The van der Waals surface area contributed by atoms with Gasteiger partial charge >= 0.3 is 0 Å². The Balaban J connectivity index is 2.87. The van der Waals surface area contributed by atoms with E-state index in [1.54, 1.807) is 10.5 Å². The minimum atomic E-state index is -0.510. The van der Waals surface area contributed by atoms with Crippen molar-refractivity contribution in [2.24, 2.45) is 0 Å². The van der Waals surface area contributed by atoms with Gasteiger partial charge < -0.3 is 0 Å². The first kappa shape index (κ1) is 8.56. The Morgan fingerprint density at radius 3 is 3.00 bits per heavy atom. The molecule has 68 valence electrons. The van der Waals surface area contributed by atoms with Gasteiger partial charge in [-0.2, -0.15) is 9.37 Å². The lowest BCUT2D eigenvalue weighted by atomic mass is 10.3. The fourth-order valence-electron chi connectivity index (χ4n) is 1.39. The van der Waals surface area contributed by atoms with Crippen molar-refractivity contribution in [2.75, 3.05) is 0 Å². The van der Waals surface area contributed by atoms with E-state index in [-0.39, 0.29) is 5.03 Å². The molecular weight excluding hydrogens is 187 g/mol. The number of imidazole rings is 1. The Morgan fingerprint density at radius 2 is 2.31 bits per heavy atom. The first-order chi connectivity index (χ1) is 6.24. The zero-order valence-electron chi connectivity index (χ0n) is 7.16. The summed E-state index contributed by atoms with van der Waals surface area (Å²) in [6, 6.07) is 5.57. The van der Waals surface area contributed by atoms with E-state index >= 15 is 0 Å². The van der Waals surface area contributed by atoms with Crippen LogP contribution in [0.25, 0.3) is 5.65 Å². The van der Waals surface area contributed by atoms with Gasteiger partial charge in [0, 0.05) is 5.69 Å². The van der Waals surface area contributed by atoms with Crippen molar-refractivity contribution in [2.45, 2.75) is 18.4 Å². The summed E-state index contributed by atoms with van der Waals surface area (Å²) in [6.45, 7) is 2.01. The molecule has 0 aromatic carbocycles. The van der Waals surface area contributed by atoms with Crippen LogP contribution in [-0.4, -0.2) is 9.38 Å². The monoisotopic (exact) mass is 196 g/mol. The Bertz CT molecular complexity index is 450. The summed E-state index contributed by atoms with van der Waals surface area (Å²) < 4.78 is 14.8. The third-order valence-electron chi connectivity index (χ3n) is 2.02. The summed E-state index contributed by atoms with van der Waals surface area (Å²) in [6.07, 6.45) is 0.834. The van der Waals surface area contributed by atoms with Gasteiger partial charge in [0.2, 0.25) is 5.95 Å². The van der Waals surface area contributed by atoms with E-state index in [2.05, 4.69) is 17.6 Å². The third-order valence-corrected chi connectivity index (χ3v) is 2.41. The average Bonchev–Trinajstić information content (AvgIpc) is 2.43. The summed E-state index contributed by atoms with van der Waals surface area (Å²) in [5.41, 5.74) is 1.63. The fraction of sp³-hybridized carbons (Fsp3) is 0.222. The molecule has 0 saturated carbocycles. The van der Waals surface area contributed by atoms with Gasteiger partial charge in [0.25, 0.3) is 0 Å². The molecular formula is C9H9FN2S. The Hall–Kier alpha value is -1.03. The van der Waals surface area contributed by atoms with Crippen LogP contribution in [0, 0.1) is 5.95 Å². The van der Waals surface area contributed by atoms with Gasteiger partial charge in [0.05, 0.1) is 0 Å². The summed E-state index contributed by atoms with van der Waals surface area (Å²) in [4.78, 5) is 3.74. The topological polar surface area (TPSA) is 17.3 Å². The molecule has 4 heteroatoms. The van der Waals surface area contributed by atoms with Crippen LogP contribution < -0.4 is 0 Å². The molecule has 0 saturated heterocycles. The maximum Gasteiger partial charge on any atom is 0.245 e. The van der Waals surface area contributed by atoms with Crippen molar-refractivity contribution >= 4 is 18.3 Å². The van der Waals surface area contributed by atoms with E-state index in [1.165, 1.54) is 0 Å². The second-order valence-electron chi connectivity index (χ2n) is 2.79. The first-order valence-corrected chi connectivity index (χ1v) is 4.53. The lowest BCUT2D eigenvalue weighted by Crippen LogP contribution is -1.94. The molecule has 0 amide bonds. The van der Waals surface area contributed by atoms with Gasteiger partial charge in [-0.25, -0.2) is 0 Å². The van der Waals surface area contributed by atoms with Crippen LogP contribution in [0.1, 0.15) is 12.6 Å². The number of halogens is 1. The maximum absolute atomic E-state index is 13.0. The van der Waals surface area contributed by atoms with Gasteiger partial charge in [-0.15, -0.1) is 12.6 Å². The summed E-state index contributed by atoms with van der Waals surface area (Å²) in [7, 11) is 0. The molecule has 0 aliphatic rings. The number of aromatic nitrogens is 2. The molecule has 2 rings (SSSR count). The molecule has 2 nitrogen and oxygen atoms in total. The summed E-state index contributed by atoms with van der Waals surface area (Å²) >= 11 is 4.06. The number of hydrogen-bond donors (Lipinski definition) is 1. The normalized spacial score (nSPS) is 11.0. The number of hydrogen-bond acceptors (Lipinski definition) is 2. The quantitative estimate of drug-likeness (QED) is 0.693. The van der Waals surface area contributed by atoms with Gasteiger partial charge in [-0.1, -0.05) is 13.0 Å². The second kappa shape index (κ2) is 3.03. The largest absolute Gasteiger partial charge is 0.289 e. The molecule has 0 atom stereocenters. The number of nitrogens with zero attached hydrogens (tertiary/aromatic N) is 2. The molecule has 0 spiro atoms. The lowest BCUT2D eigenvalue weighted by Gasteiger charge is -2.02. The Labute approximate surface area is 80.8 Å². The number of rotatable bonds is 1. The summed E-state index contributed by atoms with van der Waals surface area (Å²) in [5.74, 6) is -0.510. The van der Waals surface area contributed by atoms with Crippen molar-refractivity contribution in [3.8, 4) is 0 Å². The van der Waals surface area contributed by atoms with Crippen molar-refractivity contribution in [1.29, 1.82) is 0 Å². The average molecular weight is 196 g/mol. The molecule has 0 aliphatic heterocycles. The highest BCUT2D eigenvalue weighted by Crippen LogP contribution is 2.17. The lowest BCUT2D eigenvalue weighted by molar-refractivity contribution is 0.561. The standard InChI is InChI=1S/C9H9FN2S/c1-2-6-4-3-5-7-11-8(10)9(13)12(6)7/h3-5,13H,2H2,1H3. The molecule has 2 aromatic rings. The SMILES string of the molecule is CCc1cccc2nc(F)c(S)n12. The Kier molecular flexibility index (Phi) is 2.00. The van der Waals surface area contributed by atoms with Crippen LogP contribution in [-0.2, 0) is 6.42 Å². The van der Waals surface area contributed by atoms with Crippen molar-refractivity contribution in [3.05, 3.63) is 29.8 Å². The van der Waals surface area contributed by atoms with E-state index in [4.69, 9.17) is 0 Å². The molecule has 13 heavy (non-hydrogen) atoms. The van der Waals surface area contributed by atoms with E-state index in [0.29, 0.717) is 5.65 Å². The van der Waals surface area contributed by atoms with Gasteiger partial charge in [0.1, 0.15) is 10.7 Å². The highest BCUT2D eigenvalue weighted by Gasteiger charge is 2.09. The van der Waals surface area contributed by atoms with Crippen LogP contribution in [0.4, 0.5) is 4.39 Å². The van der Waals surface area contributed by atoms with E-state index in [9.17, 15) is 4.39 Å². The molecule has 0 fully saturated rings. The van der Waals surface area contributed by atoms with E-state index in [1.807, 2.05) is 19.1 Å². The maximum atomic E-state index is 13.0. The van der Waals surface area contributed by atoms with E-state index in [0.717, 1.165) is 12.1 Å². The van der Waals surface area contributed by atoms with E-state index < -0.39 is 5.95 Å². The first-order valence-electron chi connectivity index (χ1n) is 4.09. The number of fused-ring (bicyclic) bond motifs is 1. The predicted molar refractivity (Wildman–Crippen MR) is 51.8 cm³/mol. The summed E-state index contributed by atoms with van der Waals surface area (Å²) in [5, 5.41) is 0.285. The van der Waals surface area contributed by atoms with Gasteiger partial charge in [-0.3, -0.25) is 4.40 Å². The van der Waals surface area contributed by atoms with Crippen LogP contribution in [0.5, 0.6) is 0 Å². The zero-order valence-corrected chi connectivity index (χ0v) is 8.05. The minimum Gasteiger partial charge on any atom is -0.289 e. The molecule has 0 bridgehead atoms. The molecule has 2 heterocycles.